The first kappa shape index (κ1) is 24.8. The second-order valence-electron chi connectivity index (χ2n) is 7.57. The van der Waals surface area contributed by atoms with E-state index in [9.17, 15) is 18.0 Å². The van der Waals surface area contributed by atoms with E-state index in [1.54, 1.807) is 37.1 Å². The van der Waals surface area contributed by atoms with Crippen LogP contribution in [0.3, 0.4) is 0 Å². The molecule has 33 heavy (non-hydrogen) atoms. The van der Waals surface area contributed by atoms with Crippen LogP contribution in [-0.4, -0.2) is 34.4 Å². The van der Waals surface area contributed by atoms with E-state index in [4.69, 9.17) is 4.74 Å². The van der Waals surface area contributed by atoms with E-state index in [0.29, 0.717) is 23.5 Å². The summed E-state index contributed by atoms with van der Waals surface area (Å²) in [5.41, 5.74) is 1.08. The van der Waals surface area contributed by atoms with Crippen LogP contribution in [0.5, 0.6) is 0 Å². The Hall–Kier alpha value is -2.85. The smallest absolute Gasteiger partial charge is 0.383 e. The molecule has 1 aromatic heterocycles. The summed E-state index contributed by atoms with van der Waals surface area (Å²) in [6.45, 7) is 4.50. The lowest BCUT2D eigenvalue weighted by molar-refractivity contribution is -0.137. The summed E-state index contributed by atoms with van der Waals surface area (Å²) in [5.74, 6) is 1.11. The average molecular weight is 479 g/mol. The number of rotatable bonds is 9. The molecule has 176 valence electrons. The van der Waals surface area contributed by atoms with Crippen molar-refractivity contribution in [1.82, 2.24) is 20.1 Å². The number of methoxy groups -OCH3 is 1. The molecule has 10 heteroatoms. The first-order valence-electron chi connectivity index (χ1n) is 10.3. The SMILES string of the molecule is COCC(C)n1c(C)nnc1SCc1ccc(C(=O)NCc2cccc(C(F)(F)F)c2)cc1. The molecule has 0 aliphatic heterocycles. The third-order valence-corrected chi connectivity index (χ3v) is 5.99. The molecule has 6 nitrogen and oxygen atoms in total. The predicted octanol–water partition coefficient (Wildman–Crippen LogP) is 5.04. The van der Waals surface area contributed by atoms with Gasteiger partial charge in [0.25, 0.3) is 5.91 Å². The van der Waals surface area contributed by atoms with Crippen LogP contribution in [0.2, 0.25) is 0 Å². The minimum Gasteiger partial charge on any atom is -0.383 e. The standard InChI is InChI=1S/C23H25F3N4O2S/c1-15(13-32-3)30-16(2)28-29-22(30)33-14-17-7-9-19(10-8-17)21(31)27-12-18-5-4-6-20(11-18)23(24,25)26/h4-11,15H,12-14H2,1-3H3,(H,27,31). The lowest BCUT2D eigenvalue weighted by Gasteiger charge is -2.15. The number of benzene rings is 2. The number of aryl methyl sites for hydroxylation is 1. The second kappa shape index (κ2) is 10.8. The summed E-state index contributed by atoms with van der Waals surface area (Å²) < 4.78 is 45.8. The van der Waals surface area contributed by atoms with E-state index >= 15 is 0 Å². The largest absolute Gasteiger partial charge is 0.416 e. The molecule has 1 amide bonds. The summed E-state index contributed by atoms with van der Waals surface area (Å²) in [6.07, 6.45) is -4.42. The molecule has 2 aromatic carbocycles. The van der Waals surface area contributed by atoms with Gasteiger partial charge >= 0.3 is 6.18 Å². The fourth-order valence-electron chi connectivity index (χ4n) is 3.31. The van der Waals surface area contributed by atoms with Crippen LogP contribution in [-0.2, 0) is 23.2 Å². The van der Waals surface area contributed by atoms with E-state index in [-0.39, 0.29) is 18.5 Å². The van der Waals surface area contributed by atoms with Gasteiger partial charge in [-0.15, -0.1) is 10.2 Å². The Morgan fingerprint density at radius 2 is 1.88 bits per heavy atom. The number of nitrogens with one attached hydrogen (secondary N) is 1. The van der Waals surface area contributed by atoms with Crippen LogP contribution in [0.1, 0.15) is 45.8 Å². The first-order chi connectivity index (χ1) is 15.7. The van der Waals surface area contributed by atoms with Crippen LogP contribution in [0, 0.1) is 6.92 Å². The highest BCUT2D eigenvalue weighted by molar-refractivity contribution is 7.98. The molecule has 3 rings (SSSR count). The van der Waals surface area contributed by atoms with Crippen molar-refractivity contribution >= 4 is 17.7 Å². The molecular weight excluding hydrogens is 453 g/mol. The zero-order chi connectivity index (χ0) is 24.0. The van der Waals surface area contributed by atoms with Crippen molar-refractivity contribution in [2.24, 2.45) is 0 Å². The Morgan fingerprint density at radius 3 is 2.55 bits per heavy atom. The predicted molar refractivity (Wildman–Crippen MR) is 120 cm³/mol. The van der Waals surface area contributed by atoms with Crippen molar-refractivity contribution in [2.75, 3.05) is 13.7 Å². The van der Waals surface area contributed by atoms with Crippen LogP contribution < -0.4 is 5.32 Å². The number of halogens is 3. The summed E-state index contributed by atoms with van der Waals surface area (Å²) in [4.78, 5) is 12.4. The zero-order valence-corrected chi connectivity index (χ0v) is 19.3. The normalized spacial score (nSPS) is 12.5. The van der Waals surface area contributed by atoms with E-state index in [1.807, 2.05) is 30.5 Å². The Balaban J connectivity index is 1.57. The van der Waals surface area contributed by atoms with Gasteiger partial charge in [0.15, 0.2) is 5.16 Å². The molecule has 0 aliphatic carbocycles. The van der Waals surface area contributed by atoms with Crippen molar-refractivity contribution in [1.29, 1.82) is 0 Å². The number of hydrogen-bond acceptors (Lipinski definition) is 5. The Labute approximate surface area is 194 Å². The molecular formula is C23H25F3N4O2S. The molecule has 0 spiro atoms. The monoisotopic (exact) mass is 478 g/mol. The Morgan fingerprint density at radius 1 is 1.15 bits per heavy atom. The summed E-state index contributed by atoms with van der Waals surface area (Å²) >= 11 is 1.54. The molecule has 1 N–H and O–H groups in total. The van der Waals surface area contributed by atoms with Crippen LogP contribution in [0.25, 0.3) is 0 Å². The number of carbonyl (C=O) groups excluding carboxylic acids is 1. The number of carbonyl (C=O) groups is 1. The highest BCUT2D eigenvalue weighted by Crippen LogP contribution is 2.29. The summed E-state index contributed by atoms with van der Waals surface area (Å²) in [5, 5.41) is 11.8. The van der Waals surface area contributed by atoms with Gasteiger partial charge in [-0.05, 0) is 49.2 Å². The number of ether oxygens (including phenoxy) is 1. The molecule has 0 bridgehead atoms. The maximum Gasteiger partial charge on any atom is 0.416 e. The molecule has 0 saturated carbocycles. The highest BCUT2D eigenvalue weighted by atomic mass is 32.2. The molecule has 0 saturated heterocycles. The van der Waals surface area contributed by atoms with E-state index < -0.39 is 11.7 Å². The topological polar surface area (TPSA) is 69.0 Å². The average Bonchev–Trinajstić information content (AvgIpc) is 3.16. The van der Waals surface area contributed by atoms with Gasteiger partial charge in [-0.25, -0.2) is 0 Å². The van der Waals surface area contributed by atoms with Gasteiger partial charge in [-0.3, -0.25) is 4.79 Å². The van der Waals surface area contributed by atoms with E-state index in [0.717, 1.165) is 28.7 Å². The van der Waals surface area contributed by atoms with Crippen LogP contribution >= 0.6 is 11.8 Å². The number of amides is 1. The summed E-state index contributed by atoms with van der Waals surface area (Å²) in [6, 6.07) is 12.1. The number of aromatic nitrogens is 3. The fraction of sp³-hybridized carbons (Fsp3) is 0.348. The quantitative estimate of drug-likeness (QED) is 0.437. The molecule has 0 aliphatic rings. The van der Waals surface area contributed by atoms with Gasteiger partial charge in [-0.1, -0.05) is 36.0 Å². The first-order valence-corrected chi connectivity index (χ1v) is 11.2. The number of alkyl halides is 3. The van der Waals surface area contributed by atoms with Gasteiger partial charge in [0, 0.05) is 25.0 Å². The van der Waals surface area contributed by atoms with Crippen LogP contribution in [0.15, 0.2) is 53.7 Å². The van der Waals surface area contributed by atoms with Gasteiger partial charge in [0.05, 0.1) is 18.2 Å². The minimum atomic E-state index is -4.42. The molecule has 3 aromatic rings. The van der Waals surface area contributed by atoms with Gasteiger partial charge in [0.1, 0.15) is 5.82 Å². The van der Waals surface area contributed by atoms with Crippen molar-refractivity contribution in [3.63, 3.8) is 0 Å². The highest BCUT2D eigenvalue weighted by Gasteiger charge is 2.30. The van der Waals surface area contributed by atoms with Gasteiger partial charge < -0.3 is 14.6 Å². The number of thioether (sulfide) groups is 1. The molecule has 1 atom stereocenters. The van der Waals surface area contributed by atoms with Crippen molar-refractivity contribution < 1.29 is 22.7 Å². The van der Waals surface area contributed by atoms with E-state index in [2.05, 4.69) is 15.5 Å². The molecule has 1 heterocycles. The molecule has 0 radical (unpaired) electrons. The molecule has 0 fully saturated rings. The lowest BCUT2D eigenvalue weighted by atomic mass is 10.1. The Kier molecular flexibility index (Phi) is 8.15. The Bertz CT molecular complexity index is 1080. The van der Waals surface area contributed by atoms with E-state index in [1.165, 1.54) is 6.07 Å². The summed E-state index contributed by atoms with van der Waals surface area (Å²) in [7, 11) is 1.65. The molecule has 1 unspecified atom stereocenters. The second-order valence-corrected chi connectivity index (χ2v) is 8.51. The van der Waals surface area contributed by atoms with Crippen molar-refractivity contribution in [3.8, 4) is 0 Å². The third-order valence-electron chi connectivity index (χ3n) is 4.98. The van der Waals surface area contributed by atoms with Gasteiger partial charge in [0.2, 0.25) is 0 Å². The maximum atomic E-state index is 12.8. The van der Waals surface area contributed by atoms with Crippen LogP contribution in [0.4, 0.5) is 13.2 Å². The minimum absolute atomic E-state index is 0.00895. The van der Waals surface area contributed by atoms with Crippen molar-refractivity contribution in [2.45, 2.75) is 43.5 Å². The number of hydrogen-bond donors (Lipinski definition) is 1. The van der Waals surface area contributed by atoms with Gasteiger partial charge in [-0.2, -0.15) is 13.2 Å². The van der Waals surface area contributed by atoms with Crippen molar-refractivity contribution in [3.05, 3.63) is 76.6 Å². The lowest BCUT2D eigenvalue weighted by Crippen LogP contribution is -2.23. The maximum absolute atomic E-state index is 12.8. The fourth-order valence-corrected chi connectivity index (χ4v) is 4.35. The number of nitrogens with zero attached hydrogens (tertiary/aromatic N) is 3. The zero-order valence-electron chi connectivity index (χ0n) is 18.5. The third kappa shape index (κ3) is 6.58.